The second-order valence-electron chi connectivity index (χ2n) is 16.0. The zero-order chi connectivity index (χ0) is 47.4. The van der Waals surface area contributed by atoms with Gasteiger partial charge in [-0.05, 0) is 62.9 Å². The van der Waals surface area contributed by atoms with Gasteiger partial charge in [0.05, 0.1) is 25.2 Å². The lowest BCUT2D eigenvalue weighted by Crippen LogP contribution is -2.61. The van der Waals surface area contributed by atoms with E-state index in [0.29, 0.717) is 25.0 Å². The highest BCUT2D eigenvalue weighted by Crippen LogP contribution is 2.17. The van der Waals surface area contributed by atoms with Crippen molar-refractivity contribution in [3.8, 4) is 0 Å². The van der Waals surface area contributed by atoms with Crippen LogP contribution in [0.25, 0.3) is 0 Å². The standard InChI is InChI=1S/C39H68N10O12S/c1-10-21(6)31(36(58)43-18-28(53)54)45-26(51)16-41-35(57)25-12-11-14-49(25)27(52)17-42-37(59)32(23(8)50)48-39(61)30(20(4)5)46-33(55)22(7)44-38(60)29(19(2)3)47-34(56)24(40)13-15-62-9/h19-25,29-32,50H,10-18,40H2,1-9H3,(H,41,57)(H,42,59)(H,43,58)(H,44,60)(H,45,51)(H,46,55)(H,47,56)(H,48,61)(H,53,54)/t21-,22-,23+,24-,25-,29-,30-,31-,32-/m0/s1. The Hall–Kier alpha value is -5.03. The molecule has 352 valence electrons. The number of aliphatic carboxylic acids is 1. The van der Waals surface area contributed by atoms with Crippen molar-refractivity contribution in [2.45, 2.75) is 129 Å². The van der Waals surface area contributed by atoms with Crippen molar-refractivity contribution in [2.75, 3.05) is 38.2 Å². The van der Waals surface area contributed by atoms with Crippen LogP contribution in [0.3, 0.4) is 0 Å². The summed E-state index contributed by atoms with van der Waals surface area (Å²) in [6.07, 6.45) is 1.98. The van der Waals surface area contributed by atoms with Crippen LogP contribution < -0.4 is 48.3 Å². The minimum absolute atomic E-state index is 0.156. The van der Waals surface area contributed by atoms with Crippen molar-refractivity contribution >= 4 is 70.9 Å². The largest absolute Gasteiger partial charge is 0.480 e. The summed E-state index contributed by atoms with van der Waals surface area (Å²) in [5.74, 6) is -8.29. The average Bonchev–Trinajstić information content (AvgIpc) is 3.71. The molecule has 1 aliphatic rings. The molecule has 0 aromatic rings. The molecule has 9 amide bonds. The maximum absolute atomic E-state index is 13.5. The number of aliphatic hydroxyl groups excluding tert-OH is 1. The van der Waals surface area contributed by atoms with Gasteiger partial charge in [0, 0.05) is 6.54 Å². The van der Waals surface area contributed by atoms with E-state index in [1.165, 1.54) is 30.5 Å². The second kappa shape index (κ2) is 27.1. The van der Waals surface area contributed by atoms with Gasteiger partial charge in [-0.2, -0.15) is 11.8 Å². The van der Waals surface area contributed by atoms with E-state index in [1.54, 1.807) is 41.5 Å². The number of rotatable bonds is 26. The fourth-order valence-corrected chi connectivity index (χ4v) is 6.69. The fourth-order valence-electron chi connectivity index (χ4n) is 6.20. The Kier molecular flexibility index (Phi) is 24.1. The van der Waals surface area contributed by atoms with Gasteiger partial charge in [-0.1, -0.05) is 48.0 Å². The van der Waals surface area contributed by atoms with Gasteiger partial charge in [0.15, 0.2) is 0 Å². The summed E-state index contributed by atoms with van der Waals surface area (Å²) in [6.45, 7) is 11.1. The molecule has 1 fully saturated rings. The normalized spacial score (nSPS) is 17.5. The van der Waals surface area contributed by atoms with Crippen molar-refractivity contribution in [3.05, 3.63) is 0 Å². The molecule has 1 saturated heterocycles. The Morgan fingerprint density at radius 1 is 0.677 bits per heavy atom. The molecule has 1 aliphatic heterocycles. The summed E-state index contributed by atoms with van der Waals surface area (Å²) in [7, 11) is 0. The third-order valence-electron chi connectivity index (χ3n) is 10.2. The van der Waals surface area contributed by atoms with Crippen molar-refractivity contribution in [2.24, 2.45) is 23.5 Å². The fraction of sp³-hybridized carbons (Fsp3) is 0.744. The van der Waals surface area contributed by atoms with Crippen LogP contribution in [0.2, 0.25) is 0 Å². The van der Waals surface area contributed by atoms with Crippen molar-refractivity contribution in [1.29, 1.82) is 0 Å². The lowest BCUT2D eigenvalue weighted by molar-refractivity contribution is -0.140. The zero-order valence-electron chi connectivity index (χ0n) is 37.1. The Labute approximate surface area is 366 Å². The highest BCUT2D eigenvalue weighted by Gasteiger charge is 2.37. The van der Waals surface area contributed by atoms with E-state index < -0.39 is 133 Å². The number of likely N-dealkylation sites (tertiary alicyclic amines) is 1. The van der Waals surface area contributed by atoms with Gasteiger partial charge in [0.2, 0.25) is 53.2 Å². The number of nitrogens with zero attached hydrogens (tertiary/aromatic N) is 1. The molecule has 0 spiro atoms. The highest BCUT2D eigenvalue weighted by atomic mass is 32.2. The molecule has 1 rings (SSSR count). The lowest BCUT2D eigenvalue weighted by Gasteiger charge is -2.29. The van der Waals surface area contributed by atoms with Crippen LogP contribution in [-0.4, -0.2) is 161 Å². The molecule has 0 aromatic heterocycles. The van der Waals surface area contributed by atoms with E-state index >= 15 is 0 Å². The number of thioether (sulfide) groups is 1. The summed E-state index contributed by atoms with van der Waals surface area (Å²) in [5.41, 5.74) is 5.95. The molecule has 0 saturated carbocycles. The van der Waals surface area contributed by atoms with Gasteiger partial charge in [-0.3, -0.25) is 47.9 Å². The van der Waals surface area contributed by atoms with Gasteiger partial charge in [-0.25, -0.2) is 0 Å². The maximum Gasteiger partial charge on any atom is 0.322 e. The summed E-state index contributed by atoms with van der Waals surface area (Å²) < 4.78 is 0. The molecule has 23 heteroatoms. The summed E-state index contributed by atoms with van der Waals surface area (Å²) in [5, 5.41) is 39.0. The molecule has 0 aliphatic carbocycles. The number of aliphatic hydroxyl groups is 1. The second-order valence-corrected chi connectivity index (χ2v) is 17.0. The number of carbonyl (C=O) groups is 10. The predicted octanol–water partition coefficient (Wildman–Crippen LogP) is -3.33. The topological polar surface area (TPSA) is 337 Å². The quantitative estimate of drug-likeness (QED) is 0.0405. The number of nitrogens with two attached hydrogens (primary N) is 1. The molecule has 62 heavy (non-hydrogen) atoms. The molecule has 0 unspecified atom stereocenters. The van der Waals surface area contributed by atoms with E-state index in [2.05, 4.69) is 42.5 Å². The van der Waals surface area contributed by atoms with E-state index in [-0.39, 0.29) is 24.8 Å². The molecular formula is C39H68N10O12S. The molecule has 12 N–H and O–H groups in total. The molecule has 0 aromatic carbocycles. The van der Waals surface area contributed by atoms with Crippen LogP contribution in [0.4, 0.5) is 0 Å². The van der Waals surface area contributed by atoms with E-state index in [1.807, 2.05) is 6.26 Å². The van der Waals surface area contributed by atoms with Gasteiger partial charge in [-0.15, -0.1) is 0 Å². The Morgan fingerprint density at radius 2 is 1.21 bits per heavy atom. The third-order valence-corrected chi connectivity index (χ3v) is 10.9. The number of carboxylic acid groups (broad SMARTS) is 1. The first-order valence-electron chi connectivity index (χ1n) is 20.7. The predicted molar refractivity (Wildman–Crippen MR) is 229 cm³/mol. The number of amides is 9. The SMILES string of the molecule is CC[C@H](C)[C@H](NC(=O)CNC(=O)[C@@H]1CCCN1C(=O)CNC(=O)[C@@H](NC(=O)[C@@H](NC(=O)[C@H](C)NC(=O)[C@@H](NC(=O)[C@@H](N)CCSC)C(C)C)C(C)C)[C@@H](C)O)C(=O)NCC(=O)O. The van der Waals surface area contributed by atoms with E-state index in [9.17, 15) is 53.1 Å². The first-order valence-corrected chi connectivity index (χ1v) is 22.1. The van der Waals surface area contributed by atoms with Crippen LogP contribution in [0.15, 0.2) is 0 Å². The minimum Gasteiger partial charge on any atom is -0.480 e. The number of hydrogen-bond acceptors (Lipinski definition) is 13. The van der Waals surface area contributed by atoms with Crippen LogP contribution >= 0.6 is 11.8 Å². The lowest BCUT2D eigenvalue weighted by atomic mass is 9.98. The van der Waals surface area contributed by atoms with Gasteiger partial charge < -0.3 is 63.4 Å². The number of nitrogens with one attached hydrogen (secondary N) is 8. The Bertz CT molecular complexity index is 1600. The van der Waals surface area contributed by atoms with Crippen LogP contribution in [-0.2, 0) is 47.9 Å². The molecule has 9 atom stereocenters. The summed E-state index contributed by atoms with van der Waals surface area (Å²) in [4.78, 5) is 129. The Morgan fingerprint density at radius 3 is 1.74 bits per heavy atom. The van der Waals surface area contributed by atoms with Gasteiger partial charge in [0.1, 0.15) is 42.8 Å². The third kappa shape index (κ3) is 18.1. The Balaban J connectivity index is 2.86. The first kappa shape index (κ1) is 55.0. The van der Waals surface area contributed by atoms with E-state index in [4.69, 9.17) is 10.8 Å². The molecule has 0 bridgehead atoms. The number of carbonyl (C=O) groups excluding carboxylic acids is 9. The van der Waals surface area contributed by atoms with Crippen molar-refractivity contribution < 1.29 is 58.2 Å². The first-order chi connectivity index (χ1) is 29.0. The molecule has 1 heterocycles. The van der Waals surface area contributed by atoms with Gasteiger partial charge in [0.25, 0.3) is 0 Å². The molecule has 0 radical (unpaired) electrons. The smallest absolute Gasteiger partial charge is 0.322 e. The minimum atomic E-state index is -1.58. The van der Waals surface area contributed by atoms with Crippen molar-refractivity contribution in [1.82, 2.24) is 47.4 Å². The maximum atomic E-state index is 13.5. The van der Waals surface area contributed by atoms with Crippen LogP contribution in [0.1, 0.15) is 81.1 Å². The van der Waals surface area contributed by atoms with E-state index in [0.717, 1.165) is 0 Å². The zero-order valence-corrected chi connectivity index (χ0v) is 37.9. The van der Waals surface area contributed by atoms with Gasteiger partial charge >= 0.3 is 5.97 Å². The number of hydrogen-bond donors (Lipinski definition) is 11. The monoisotopic (exact) mass is 900 g/mol. The number of carboxylic acids is 1. The molecule has 22 nitrogen and oxygen atoms in total. The van der Waals surface area contributed by atoms with Crippen molar-refractivity contribution in [3.63, 3.8) is 0 Å². The molecular weight excluding hydrogens is 833 g/mol. The van der Waals surface area contributed by atoms with Crippen LogP contribution in [0, 0.1) is 17.8 Å². The van der Waals surface area contributed by atoms with Crippen LogP contribution in [0.5, 0.6) is 0 Å². The summed E-state index contributed by atoms with van der Waals surface area (Å²) >= 11 is 1.52. The summed E-state index contributed by atoms with van der Waals surface area (Å²) in [6, 6.07) is -7.86. The average molecular weight is 901 g/mol. The highest BCUT2D eigenvalue weighted by molar-refractivity contribution is 7.98.